The first kappa shape index (κ1) is 16.0. The lowest BCUT2D eigenvalue weighted by Gasteiger charge is -2.08. The molecule has 0 unspecified atom stereocenters. The number of halogens is 2. The number of nitrogens with zero attached hydrogens (tertiary/aromatic N) is 2. The second-order valence-corrected chi connectivity index (χ2v) is 7.65. The number of pyridine rings is 1. The fourth-order valence-electron chi connectivity index (χ4n) is 2.12. The van der Waals surface area contributed by atoms with E-state index in [2.05, 4.69) is 52.9 Å². The van der Waals surface area contributed by atoms with Gasteiger partial charge in [-0.05, 0) is 46.7 Å². The van der Waals surface area contributed by atoms with E-state index < -0.39 is 0 Å². The molecule has 3 aromatic rings. The van der Waals surface area contributed by atoms with Crippen molar-refractivity contribution >= 4 is 56.4 Å². The van der Waals surface area contributed by atoms with Gasteiger partial charge in [0, 0.05) is 14.3 Å². The van der Waals surface area contributed by atoms with Crippen LogP contribution in [0.1, 0.15) is 25.5 Å². The summed E-state index contributed by atoms with van der Waals surface area (Å²) in [7, 11) is 1.62. The van der Waals surface area contributed by atoms with Crippen molar-refractivity contribution in [1.82, 2.24) is 9.97 Å². The molecule has 0 aliphatic rings. The van der Waals surface area contributed by atoms with Crippen molar-refractivity contribution in [3.05, 3.63) is 37.9 Å². The normalized spacial score (nSPS) is 11.4. The lowest BCUT2D eigenvalue weighted by Crippen LogP contribution is -1.92. The second-order valence-electron chi connectivity index (χ2n) is 5.23. The van der Waals surface area contributed by atoms with Crippen molar-refractivity contribution in [3.63, 3.8) is 0 Å². The molecule has 114 valence electrons. The number of rotatable bonds is 3. The monoisotopic (exact) mass is 444 g/mol. The molecule has 22 heavy (non-hydrogen) atoms. The van der Waals surface area contributed by atoms with Crippen LogP contribution in [-0.4, -0.2) is 17.1 Å². The molecule has 1 aromatic carbocycles. The minimum atomic E-state index is 0.420. The summed E-state index contributed by atoms with van der Waals surface area (Å²) in [5.41, 5.74) is 2.84. The van der Waals surface area contributed by atoms with Gasteiger partial charge in [0.2, 0.25) is 0 Å². The number of thiazole rings is 1. The molecule has 2 aromatic heterocycles. The number of benzene rings is 1. The van der Waals surface area contributed by atoms with E-state index in [0.29, 0.717) is 16.7 Å². The molecular formula is C16H14ClIN2OS. The second kappa shape index (κ2) is 6.29. The SMILES string of the molecule is COc1cc2c(I)cc(-c3nc(C(C)C)cs3)nc2cc1Cl. The Balaban J connectivity index is 2.15. The predicted molar refractivity (Wildman–Crippen MR) is 101 cm³/mol. The Morgan fingerprint density at radius 2 is 2.00 bits per heavy atom. The standard InChI is InChI=1S/C16H14ClIN2OS/c1-8(2)14-7-22-16(20-14)13-6-11(18)9-4-15(21-3)10(17)5-12(9)19-13/h4-8H,1-3H3. The molecule has 0 N–H and O–H groups in total. The molecule has 3 rings (SSSR count). The molecule has 0 spiro atoms. The molecule has 0 fully saturated rings. The first-order valence-corrected chi connectivity index (χ1v) is 9.13. The van der Waals surface area contributed by atoms with E-state index in [1.165, 1.54) is 0 Å². The maximum absolute atomic E-state index is 6.22. The van der Waals surface area contributed by atoms with Gasteiger partial charge < -0.3 is 4.74 Å². The number of methoxy groups -OCH3 is 1. The zero-order chi connectivity index (χ0) is 15.9. The van der Waals surface area contributed by atoms with E-state index >= 15 is 0 Å². The van der Waals surface area contributed by atoms with E-state index in [1.54, 1.807) is 18.4 Å². The lowest BCUT2D eigenvalue weighted by molar-refractivity contribution is 0.415. The molecule has 0 saturated carbocycles. The third kappa shape index (κ3) is 2.94. The van der Waals surface area contributed by atoms with Gasteiger partial charge in [-0.3, -0.25) is 0 Å². The van der Waals surface area contributed by atoms with Crippen LogP contribution >= 0.6 is 45.5 Å². The molecule has 2 heterocycles. The number of aromatic nitrogens is 2. The van der Waals surface area contributed by atoms with Gasteiger partial charge in [0.1, 0.15) is 16.5 Å². The van der Waals surface area contributed by atoms with Crippen molar-refractivity contribution in [1.29, 1.82) is 0 Å². The largest absolute Gasteiger partial charge is 0.495 e. The first-order chi connectivity index (χ1) is 10.5. The van der Waals surface area contributed by atoms with Gasteiger partial charge in [0.25, 0.3) is 0 Å². The van der Waals surface area contributed by atoms with Gasteiger partial charge in [-0.15, -0.1) is 11.3 Å². The van der Waals surface area contributed by atoms with Crippen LogP contribution in [0, 0.1) is 3.57 Å². The van der Waals surface area contributed by atoms with Crippen molar-refractivity contribution in [2.75, 3.05) is 7.11 Å². The highest BCUT2D eigenvalue weighted by Crippen LogP contribution is 2.34. The van der Waals surface area contributed by atoms with E-state index in [9.17, 15) is 0 Å². The highest BCUT2D eigenvalue weighted by Gasteiger charge is 2.13. The zero-order valence-corrected chi connectivity index (χ0v) is 16.1. The summed E-state index contributed by atoms with van der Waals surface area (Å²) in [5, 5.41) is 4.64. The maximum atomic E-state index is 6.22. The average molecular weight is 445 g/mol. The average Bonchev–Trinajstić information content (AvgIpc) is 2.96. The number of hydrogen-bond donors (Lipinski definition) is 0. The quantitative estimate of drug-likeness (QED) is 0.483. The van der Waals surface area contributed by atoms with Gasteiger partial charge in [0.15, 0.2) is 0 Å². The van der Waals surface area contributed by atoms with Gasteiger partial charge in [0.05, 0.1) is 23.3 Å². The molecular weight excluding hydrogens is 431 g/mol. The number of ether oxygens (including phenoxy) is 1. The Hall–Kier alpha value is -0.920. The van der Waals surface area contributed by atoms with Gasteiger partial charge >= 0.3 is 0 Å². The minimum absolute atomic E-state index is 0.420. The number of fused-ring (bicyclic) bond motifs is 1. The Kier molecular flexibility index (Phi) is 4.56. The Labute approximate surface area is 151 Å². The van der Waals surface area contributed by atoms with Crippen molar-refractivity contribution in [2.45, 2.75) is 19.8 Å². The van der Waals surface area contributed by atoms with E-state index in [-0.39, 0.29) is 0 Å². The van der Waals surface area contributed by atoms with Gasteiger partial charge in [-0.2, -0.15) is 0 Å². The summed E-state index contributed by atoms with van der Waals surface area (Å²) in [5.74, 6) is 1.08. The Morgan fingerprint density at radius 3 is 2.64 bits per heavy atom. The fraction of sp³-hybridized carbons (Fsp3) is 0.250. The molecule has 0 aliphatic heterocycles. The van der Waals surface area contributed by atoms with Crippen molar-refractivity contribution < 1.29 is 4.74 Å². The molecule has 0 saturated heterocycles. The molecule has 0 amide bonds. The van der Waals surface area contributed by atoms with Crippen LogP contribution in [0.4, 0.5) is 0 Å². The molecule has 0 bridgehead atoms. The third-order valence-electron chi connectivity index (χ3n) is 3.36. The predicted octanol–water partition coefficient (Wildman–Crippen LogP) is 5.75. The molecule has 3 nitrogen and oxygen atoms in total. The van der Waals surface area contributed by atoms with E-state index in [1.807, 2.05) is 12.1 Å². The molecule has 6 heteroatoms. The van der Waals surface area contributed by atoms with Gasteiger partial charge in [-0.25, -0.2) is 9.97 Å². The fourth-order valence-corrected chi connectivity index (χ4v) is 4.02. The van der Waals surface area contributed by atoms with Crippen LogP contribution in [-0.2, 0) is 0 Å². The van der Waals surface area contributed by atoms with Crippen LogP contribution in [0.25, 0.3) is 21.6 Å². The zero-order valence-electron chi connectivity index (χ0n) is 12.4. The maximum Gasteiger partial charge on any atom is 0.142 e. The van der Waals surface area contributed by atoms with Crippen LogP contribution in [0.5, 0.6) is 5.75 Å². The molecule has 0 aliphatic carbocycles. The summed E-state index contributed by atoms with van der Waals surface area (Å²) in [6, 6.07) is 5.83. The summed E-state index contributed by atoms with van der Waals surface area (Å²) in [6.45, 7) is 4.28. The summed E-state index contributed by atoms with van der Waals surface area (Å²) in [4.78, 5) is 9.40. The smallest absolute Gasteiger partial charge is 0.142 e. The summed E-state index contributed by atoms with van der Waals surface area (Å²) >= 11 is 10.2. The van der Waals surface area contributed by atoms with Crippen LogP contribution in [0.2, 0.25) is 5.02 Å². The summed E-state index contributed by atoms with van der Waals surface area (Å²) in [6.07, 6.45) is 0. The minimum Gasteiger partial charge on any atom is -0.495 e. The first-order valence-electron chi connectivity index (χ1n) is 6.79. The Bertz CT molecular complexity index is 848. The lowest BCUT2D eigenvalue weighted by atomic mass is 10.1. The molecule has 0 radical (unpaired) electrons. The van der Waals surface area contributed by atoms with Crippen LogP contribution in [0.15, 0.2) is 23.6 Å². The van der Waals surface area contributed by atoms with Crippen molar-refractivity contribution in [2.24, 2.45) is 0 Å². The van der Waals surface area contributed by atoms with E-state index in [4.69, 9.17) is 21.3 Å². The topological polar surface area (TPSA) is 35.0 Å². The molecule has 0 atom stereocenters. The highest BCUT2D eigenvalue weighted by molar-refractivity contribution is 14.1. The van der Waals surface area contributed by atoms with Crippen LogP contribution in [0.3, 0.4) is 0 Å². The number of hydrogen-bond acceptors (Lipinski definition) is 4. The van der Waals surface area contributed by atoms with Crippen LogP contribution < -0.4 is 4.74 Å². The highest BCUT2D eigenvalue weighted by atomic mass is 127. The van der Waals surface area contributed by atoms with Crippen molar-refractivity contribution in [3.8, 4) is 16.5 Å². The third-order valence-corrected chi connectivity index (χ3v) is 5.44. The van der Waals surface area contributed by atoms with E-state index in [0.717, 1.165) is 30.9 Å². The Morgan fingerprint density at radius 1 is 1.23 bits per heavy atom. The summed E-state index contributed by atoms with van der Waals surface area (Å²) < 4.78 is 6.38. The van der Waals surface area contributed by atoms with Gasteiger partial charge in [-0.1, -0.05) is 25.4 Å².